The Morgan fingerprint density at radius 3 is 2.59 bits per heavy atom. The van der Waals surface area contributed by atoms with Crippen LogP contribution in [0.1, 0.15) is 25.5 Å². The van der Waals surface area contributed by atoms with Crippen LogP contribution in [0, 0.1) is 11.7 Å². The van der Waals surface area contributed by atoms with Crippen molar-refractivity contribution in [3.8, 4) is 0 Å². The van der Waals surface area contributed by atoms with E-state index in [1.807, 2.05) is 13.8 Å². The Kier molecular flexibility index (Phi) is 3.60. The number of halogens is 1. The standard InChI is InChI=1S/C16H18FN3O2/c1-9(2)7-20-8-12-13(15(20)21)14(19-16(22)18-12)10-3-5-11(17)6-4-10/h3-6,9,14H,7-8H2,1-2H3,(H2,18,19,22)/t14-/m1/s1. The van der Waals surface area contributed by atoms with Gasteiger partial charge in [-0.1, -0.05) is 26.0 Å². The molecule has 0 saturated carbocycles. The first-order valence-corrected chi connectivity index (χ1v) is 7.31. The minimum Gasteiger partial charge on any atom is -0.333 e. The van der Waals surface area contributed by atoms with Crippen LogP contribution in [0.15, 0.2) is 35.5 Å². The lowest BCUT2D eigenvalue weighted by Crippen LogP contribution is -2.44. The van der Waals surface area contributed by atoms with E-state index >= 15 is 0 Å². The predicted molar refractivity (Wildman–Crippen MR) is 79.3 cm³/mol. The van der Waals surface area contributed by atoms with Crippen molar-refractivity contribution in [3.63, 3.8) is 0 Å². The molecule has 0 aromatic heterocycles. The molecule has 3 rings (SSSR count). The van der Waals surface area contributed by atoms with Crippen molar-refractivity contribution < 1.29 is 14.0 Å². The van der Waals surface area contributed by atoms with Crippen LogP contribution in [0.3, 0.4) is 0 Å². The smallest absolute Gasteiger partial charge is 0.319 e. The highest BCUT2D eigenvalue weighted by molar-refractivity contribution is 6.01. The minimum atomic E-state index is -0.533. The maximum Gasteiger partial charge on any atom is 0.319 e. The highest BCUT2D eigenvalue weighted by atomic mass is 19.1. The average molecular weight is 303 g/mol. The van der Waals surface area contributed by atoms with Crippen molar-refractivity contribution in [3.05, 3.63) is 46.9 Å². The van der Waals surface area contributed by atoms with Gasteiger partial charge < -0.3 is 15.5 Å². The lowest BCUT2D eigenvalue weighted by atomic mass is 9.96. The molecule has 5 nitrogen and oxygen atoms in total. The monoisotopic (exact) mass is 303 g/mol. The number of amides is 3. The molecule has 2 N–H and O–H groups in total. The molecule has 6 heteroatoms. The molecule has 0 bridgehead atoms. The van der Waals surface area contributed by atoms with Gasteiger partial charge in [0.1, 0.15) is 5.82 Å². The summed E-state index contributed by atoms with van der Waals surface area (Å²) in [6, 6.07) is 4.97. The molecule has 3 amide bonds. The molecular formula is C16H18FN3O2. The summed E-state index contributed by atoms with van der Waals surface area (Å²) in [4.78, 5) is 26.2. The van der Waals surface area contributed by atoms with Gasteiger partial charge in [0.05, 0.1) is 23.9 Å². The highest BCUT2D eigenvalue weighted by Crippen LogP contribution is 2.32. The van der Waals surface area contributed by atoms with Gasteiger partial charge in [-0.3, -0.25) is 4.79 Å². The summed E-state index contributed by atoms with van der Waals surface area (Å²) in [7, 11) is 0. The molecule has 0 fully saturated rings. The zero-order valence-corrected chi connectivity index (χ0v) is 12.5. The maximum absolute atomic E-state index is 13.1. The molecule has 2 heterocycles. The summed E-state index contributed by atoms with van der Waals surface area (Å²) in [6.07, 6.45) is 0. The Morgan fingerprint density at radius 1 is 1.27 bits per heavy atom. The zero-order chi connectivity index (χ0) is 15.9. The Bertz CT molecular complexity index is 652. The Labute approximate surface area is 128 Å². The topological polar surface area (TPSA) is 61.4 Å². The van der Waals surface area contributed by atoms with E-state index in [0.29, 0.717) is 35.8 Å². The van der Waals surface area contributed by atoms with E-state index in [2.05, 4.69) is 10.6 Å². The van der Waals surface area contributed by atoms with Crippen LogP contribution in [-0.4, -0.2) is 29.9 Å². The number of nitrogens with one attached hydrogen (secondary N) is 2. The van der Waals surface area contributed by atoms with Crippen LogP contribution in [0.25, 0.3) is 0 Å². The normalized spacial score (nSPS) is 21.1. The summed E-state index contributed by atoms with van der Waals surface area (Å²) in [5.74, 6) is -0.0823. The first-order chi connectivity index (χ1) is 10.5. The number of hydrogen-bond acceptors (Lipinski definition) is 2. The molecule has 0 unspecified atom stereocenters. The molecule has 1 aromatic rings. The molecule has 22 heavy (non-hydrogen) atoms. The van der Waals surface area contributed by atoms with Crippen molar-refractivity contribution in [1.29, 1.82) is 0 Å². The van der Waals surface area contributed by atoms with Gasteiger partial charge in [-0.05, 0) is 23.6 Å². The number of hydrogen-bond donors (Lipinski definition) is 2. The molecule has 0 spiro atoms. The van der Waals surface area contributed by atoms with Gasteiger partial charge in [-0.25, -0.2) is 9.18 Å². The number of nitrogens with zero attached hydrogens (tertiary/aromatic N) is 1. The van der Waals surface area contributed by atoms with E-state index in [0.717, 1.165) is 0 Å². The lowest BCUT2D eigenvalue weighted by molar-refractivity contribution is -0.126. The van der Waals surface area contributed by atoms with Crippen LogP contribution in [0.2, 0.25) is 0 Å². The van der Waals surface area contributed by atoms with Gasteiger partial charge in [-0.2, -0.15) is 0 Å². The largest absolute Gasteiger partial charge is 0.333 e. The fraction of sp³-hybridized carbons (Fsp3) is 0.375. The van der Waals surface area contributed by atoms with E-state index in [1.165, 1.54) is 12.1 Å². The van der Waals surface area contributed by atoms with Crippen molar-refractivity contribution >= 4 is 11.9 Å². The van der Waals surface area contributed by atoms with Crippen molar-refractivity contribution in [1.82, 2.24) is 15.5 Å². The van der Waals surface area contributed by atoms with Gasteiger partial charge in [0.2, 0.25) is 0 Å². The molecular weight excluding hydrogens is 285 g/mol. The van der Waals surface area contributed by atoms with Crippen LogP contribution in [0.5, 0.6) is 0 Å². The van der Waals surface area contributed by atoms with Gasteiger partial charge >= 0.3 is 6.03 Å². The van der Waals surface area contributed by atoms with E-state index in [1.54, 1.807) is 17.0 Å². The third-order valence-corrected chi connectivity index (χ3v) is 3.81. The number of rotatable bonds is 3. The third kappa shape index (κ3) is 2.56. The second kappa shape index (κ2) is 5.44. The second-order valence-electron chi connectivity index (χ2n) is 6.05. The van der Waals surface area contributed by atoms with Crippen LogP contribution in [-0.2, 0) is 4.79 Å². The maximum atomic E-state index is 13.1. The Hall–Kier alpha value is -2.37. The van der Waals surface area contributed by atoms with E-state index in [-0.39, 0.29) is 17.8 Å². The van der Waals surface area contributed by atoms with Gasteiger partial charge in [-0.15, -0.1) is 0 Å². The summed E-state index contributed by atoms with van der Waals surface area (Å²) >= 11 is 0. The first-order valence-electron chi connectivity index (χ1n) is 7.31. The van der Waals surface area contributed by atoms with Crippen molar-refractivity contribution in [2.24, 2.45) is 5.92 Å². The van der Waals surface area contributed by atoms with Crippen LogP contribution in [0.4, 0.5) is 9.18 Å². The summed E-state index contributed by atoms with van der Waals surface area (Å²) < 4.78 is 13.1. The van der Waals surface area contributed by atoms with E-state index in [9.17, 15) is 14.0 Å². The van der Waals surface area contributed by atoms with Crippen LogP contribution >= 0.6 is 0 Å². The average Bonchev–Trinajstić information content (AvgIpc) is 2.74. The number of urea groups is 1. The first kappa shape index (κ1) is 14.6. The Balaban J connectivity index is 1.94. The van der Waals surface area contributed by atoms with Crippen LogP contribution < -0.4 is 10.6 Å². The SMILES string of the molecule is CC(C)CN1CC2=C(C1=O)[C@@H](c1ccc(F)cc1)NC(=O)N2. The predicted octanol–water partition coefficient (Wildman–Crippen LogP) is 1.93. The second-order valence-corrected chi connectivity index (χ2v) is 6.05. The fourth-order valence-electron chi connectivity index (χ4n) is 2.92. The van der Waals surface area contributed by atoms with E-state index in [4.69, 9.17) is 0 Å². The van der Waals surface area contributed by atoms with Gasteiger partial charge in [0, 0.05) is 6.54 Å². The number of carbonyl (C=O) groups is 2. The summed E-state index contributed by atoms with van der Waals surface area (Å²) in [5, 5.41) is 5.47. The van der Waals surface area contributed by atoms with Gasteiger partial charge in [0.15, 0.2) is 0 Å². The molecule has 1 aromatic carbocycles. The number of benzene rings is 1. The van der Waals surface area contributed by atoms with Crippen molar-refractivity contribution in [2.45, 2.75) is 19.9 Å². The molecule has 1 atom stereocenters. The Morgan fingerprint density at radius 2 is 1.95 bits per heavy atom. The number of carbonyl (C=O) groups excluding carboxylic acids is 2. The zero-order valence-electron chi connectivity index (χ0n) is 12.5. The minimum absolute atomic E-state index is 0.0782. The molecule has 0 radical (unpaired) electrons. The summed E-state index contributed by atoms with van der Waals surface area (Å²) in [5.41, 5.74) is 1.89. The van der Waals surface area contributed by atoms with E-state index < -0.39 is 6.04 Å². The molecule has 0 aliphatic carbocycles. The molecule has 116 valence electrons. The fourth-order valence-corrected chi connectivity index (χ4v) is 2.92. The molecule has 0 saturated heterocycles. The molecule has 2 aliphatic heterocycles. The highest BCUT2D eigenvalue weighted by Gasteiger charge is 2.40. The quantitative estimate of drug-likeness (QED) is 0.896. The van der Waals surface area contributed by atoms with Gasteiger partial charge in [0.25, 0.3) is 5.91 Å². The third-order valence-electron chi connectivity index (χ3n) is 3.81. The molecule has 2 aliphatic rings. The van der Waals surface area contributed by atoms with Crippen molar-refractivity contribution in [2.75, 3.05) is 13.1 Å². The summed E-state index contributed by atoms with van der Waals surface area (Å²) in [6.45, 7) is 5.13. The lowest BCUT2D eigenvalue weighted by Gasteiger charge is -2.25.